The Hall–Kier alpha value is -0.870. The Morgan fingerprint density at radius 2 is 2.37 bits per heavy atom. The second-order valence-corrected chi connectivity index (χ2v) is 5.54. The number of hydrogen-bond donors (Lipinski definition) is 1. The van der Waals surface area contributed by atoms with Gasteiger partial charge in [-0.1, -0.05) is 13.8 Å². The van der Waals surface area contributed by atoms with Gasteiger partial charge in [-0.2, -0.15) is 5.10 Å². The van der Waals surface area contributed by atoms with E-state index in [1.807, 2.05) is 0 Å². The average Bonchev–Trinajstić information content (AvgIpc) is 3.06. The number of rotatable bonds is 7. The third-order valence-electron chi connectivity index (χ3n) is 4.17. The van der Waals surface area contributed by atoms with E-state index in [0.717, 1.165) is 38.2 Å². The molecule has 0 spiro atoms. The van der Waals surface area contributed by atoms with Gasteiger partial charge < -0.3 is 10.1 Å². The van der Waals surface area contributed by atoms with Crippen LogP contribution >= 0.6 is 0 Å². The molecule has 0 bridgehead atoms. The lowest BCUT2D eigenvalue weighted by Crippen LogP contribution is -2.28. The molecule has 4 nitrogen and oxygen atoms in total. The Morgan fingerprint density at radius 3 is 3.11 bits per heavy atom. The molecule has 0 radical (unpaired) electrons. The number of nitrogens with zero attached hydrogens (tertiary/aromatic N) is 2. The van der Waals surface area contributed by atoms with Gasteiger partial charge in [0.05, 0.1) is 11.8 Å². The van der Waals surface area contributed by atoms with Crippen LogP contribution in [0.1, 0.15) is 51.8 Å². The van der Waals surface area contributed by atoms with Crippen molar-refractivity contribution in [1.82, 2.24) is 15.1 Å². The first-order valence-corrected chi connectivity index (χ1v) is 7.60. The number of hydrogen-bond acceptors (Lipinski definition) is 3. The quantitative estimate of drug-likeness (QED) is 0.824. The van der Waals surface area contributed by atoms with Crippen molar-refractivity contribution in [2.24, 2.45) is 5.92 Å². The van der Waals surface area contributed by atoms with Gasteiger partial charge in [0.1, 0.15) is 0 Å². The van der Waals surface area contributed by atoms with Crippen LogP contribution in [0.15, 0.2) is 12.3 Å². The summed E-state index contributed by atoms with van der Waals surface area (Å²) >= 11 is 0. The van der Waals surface area contributed by atoms with E-state index in [1.54, 1.807) is 0 Å². The van der Waals surface area contributed by atoms with Crippen LogP contribution in [-0.4, -0.2) is 29.0 Å². The van der Waals surface area contributed by atoms with Crippen molar-refractivity contribution in [2.45, 2.75) is 58.7 Å². The second-order valence-electron chi connectivity index (χ2n) is 5.54. The summed E-state index contributed by atoms with van der Waals surface area (Å²) in [5.74, 6) is 0.668. The minimum absolute atomic E-state index is 0.449. The van der Waals surface area contributed by atoms with Crippen LogP contribution in [-0.2, 0) is 11.3 Å². The highest BCUT2D eigenvalue weighted by Gasteiger charge is 2.25. The molecule has 1 saturated heterocycles. The monoisotopic (exact) mass is 265 g/mol. The molecule has 1 aliphatic rings. The van der Waals surface area contributed by atoms with Crippen LogP contribution in [0, 0.1) is 5.92 Å². The normalized spacial score (nSPS) is 24.8. The second kappa shape index (κ2) is 7.06. The van der Waals surface area contributed by atoms with Gasteiger partial charge in [-0.25, -0.2) is 0 Å². The molecule has 1 aromatic heterocycles. The molecular weight excluding hydrogens is 238 g/mol. The van der Waals surface area contributed by atoms with Gasteiger partial charge in [0, 0.05) is 31.9 Å². The van der Waals surface area contributed by atoms with Gasteiger partial charge in [0.15, 0.2) is 0 Å². The smallest absolute Gasteiger partial charge is 0.0762 e. The Kier molecular flexibility index (Phi) is 5.40. The van der Waals surface area contributed by atoms with E-state index in [-0.39, 0.29) is 0 Å². The fourth-order valence-electron chi connectivity index (χ4n) is 2.67. The highest BCUT2D eigenvalue weighted by molar-refractivity contribution is 4.99. The topological polar surface area (TPSA) is 39.1 Å². The number of nitrogens with one attached hydrogen (secondary N) is 1. The SMILES string of the molecule is CCC1OCCC1CNCc1ccn(C(C)CC)n1. The summed E-state index contributed by atoms with van der Waals surface area (Å²) in [5.41, 5.74) is 1.13. The lowest BCUT2D eigenvalue weighted by molar-refractivity contribution is 0.0872. The van der Waals surface area contributed by atoms with Crippen LogP contribution in [0.4, 0.5) is 0 Å². The predicted octanol–water partition coefficient (Wildman–Crippen LogP) is 2.76. The molecular formula is C15H27N3O. The van der Waals surface area contributed by atoms with E-state index >= 15 is 0 Å². The first kappa shape index (κ1) is 14.5. The zero-order valence-electron chi connectivity index (χ0n) is 12.4. The molecule has 4 heteroatoms. The third-order valence-corrected chi connectivity index (χ3v) is 4.17. The largest absolute Gasteiger partial charge is 0.378 e. The summed E-state index contributed by atoms with van der Waals surface area (Å²) in [7, 11) is 0. The molecule has 0 aromatic carbocycles. The van der Waals surface area contributed by atoms with Crippen molar-refractivity contribution in [3.63, 3.8) is 0 Å². The minimum atomic E-state index is 0.449. The first-order valence-electron chi connectivity index (χ1n) is 7.60. The molecule has 1 N–H and O–H groups in total. The Morgan fingerprint density at radius 1 is 1.53 bits per heavy atom. The molecule has 108 valence electrons. The zero-order chi connectivity index (χ0) is 13.7. The molecule has 3 unspecified atom stereocenters. The van der Waals surface area contributed by atoms with Crippen molar-refractivity contribution in [1.29, 1.82) is 0 Å². The van der Waals surface area contributed by atoms with Crippen molar-refractivity contribution >= 4 is 0 Å². The van der Waals surface area contributed by atoms with Gasteiger partial charge >= 0.3 is 0 Å². The number of ether oxygens (including phenoxy) is 1. The Labute approximate surface area is 116 Å². The molecule has 3 atom stereocenters. The molecule has 1 aliphatic heterocycles. The minimum Gasteiger partial charge on any atom is -0.378 e. The zero-order valence-corrected chi connectivity index (χ0v) is 12.4. The lowest BCUT2D eigenvalue weighted by atomic mass is 10.00. The third kappa shape index (κ3) is 3.80. The maximum Gasteiger partial charge on any atom is 0.0762 e. The summed E-state index contributed by atoms with van der Waals surface area (Å²) in [6.07, 6.45) is 5.96. The first-order chi connectivity index (χ1) is 9.24. The van der Waals surface area contributed by atoms with E-state index in [9.17, 15) is 0 Å². The van der Waals surface area contributed by atoms with Crippen LogP contribution in [0.2, 0.25) is 0 Å². The summed E-state index contributed by atoms with van der Waals surface area (Å²) < 4.78 is 7.77. The van der Waals surface area contributed by atoms with Gasteiger partial charge in [-0.3, -0.25) is 4.68 Å². The molecule has 1 fully saturated rings. The molecule has 1 aromatic rings. The van der Waals surface area contributed by atoms with Gasteiger partial charge in [-0.05, 0) is 38.2 Å². The van der Waals surface area contributed by atoms with Gasteiger partial charge in [-0.15, -0.1) is 0 Å². The Balaban J connectivity index is 1.75. The van der Waals surface area contributed by atoms with Crippen LogP contribution < -0.4 is 5.32 Å². The molecule has 0 amide bonds. The fourth-order valence-corrected chi connectivity index (χ4v) is 2.67. The molecule has 0 saturated carbocycles. The average molecular weight is 265 g/mol. The van der Waals surface area contributed by atoms with Crippen LogP contribution in [0.25, 0.3) is 0 Å². The lowest BCUT2D eigenvalue weighted by Gasteiger charge is -2.16. The predicted molar refractivity (Wildman–Crippen MR) is 77.1 cm³/mol. The van der Waals surface area contributed by atoms with E-state index in [0.29, 0.717) is 18.1 Å². The van der Waals surface area contributed by atoms with Crippen molar-refractivity contribution in [3.8, 4) is 0 Å². The Bertz CT molecular complexity index is 377. The van der Waals surface area contributed by atoms with Gasteiger partial charge in [0.2, 0.25) is 0 Å². The summed E-state index contributed by atoms with van der Waals surface area (Å²) in [5, 5.41) is 8.13. The summed E-state index contributed by atoms with van der Waals surface area (Å²) in [6.45, 7) is 9.41. The van der Waals surface area contributed by atoms with Crippen molar-refractivity contribution < 1.29 is 4.74 Å². The van der Waals surface area contributed by atoms with Crippen LogP contribution in [0.3, 0.4) is 0 Å². The molecule has 0 aliphatic carbocycles. The van der Waals surface area contributed by atoms with E-state index in [1.165, 1.54) is 6.42 Å². The van der Waals surface area contributed by atoms with Crippen molar-refractivity contribution in [3.05, 3.63) is 18.0 Å². The van der Waals surface area contributed by atoms with E-state index < -0.39 is 0 Å². The van der Waals surface area contributed by atoms with E-state index in [2.05, 4.69) is 48.1 Å². The maximum atomic E-state index is 5.71. The standard InChI is InChI=1S/C15H27N3O/c1-4-12(3)18-8-6-14(17-18)11-16-10-13-7-9-19-15(13)5-2/h6,8,12-13,15-16H,4-5,7,9-11H2,1-3H3. The van der Waals surface area contributed by atoms with E-state index in [4.69, 9.17) is 4.74 Å². The summed E-state index contributed by atoms with van der Waals surface area (Å²) in [4.78, 5) is 0. The highest BCUT2D eigenvalue weighted by atomic mass is 16.5. The molecule has 2 heterocycles. The summed E-state index contributed by atoms with van der Waals surface area (Å²) in [6, 6.07) is 2.60. The maximum absolute atomic E-state index is 5.71. The highest BCUT2D eigenvalue weighted by Crippen LogP contribution is 2.22. The van der Waals surface area contributed by atoms with Crippen molar-refractivity contribution in [2.75, 3.05) is 13.2 Å². The van der Waals surface area contributed by atoms with Crippen LogP contribution in [0.5, 0.6) is 0 Å². The molecule has 19 heavy (non-hydrogen) atoms. The van der Waals surface area contributed by atoms with Gasteiger partial charge in [0.25, 0.3) is 0 Å². The number of aromatic nitrogens is 2. The molecule has 2 rings (SSSR count). The fraction of sp³-hybridized carbons (Fsp3) is 0.800.